The number of carbonyl (C=O) groups excluding carboxylic acids is 2. The summed E-state index contributed by atoms with van der Waals surface area (Å²) in [6.07, 6.45) is 0. The molecule has 0 radical (unpaired) electrons. The maximum absolute atomic E-state index is 14.2. The van der Waals surface area contributed by atoms with Crippen LogP contribution in [0.3, 0.4) is 0 Å². The van der Waals surface area contributed by atoms with E-state index in [-0.39, 0.29) is 17.6 Å². The van der Waals surface area contributed by atoms with Gasteiger partial charge in [0.2, 0.25) is 0 Å². The van der Waals surface area contributed by atoms with Crippen LogP contribution in [0, 0.1) is 25.2 Å². The van der Waals surface area contributed by atoms with Gasteiger partial charge < -0.3 is 10.6 Å². The Labute approximate surface area is 368 Å². The summed E-state index contributed by atoms with van der Waals surface area (Å²) in [7, 11) is 0. The molecule has 0 aliphatic heterocycles. The highest BCUT2D eigenvalue weighted by Crippen LogP contribution is 2.58. The molecule has 0 aromatic heterocycles. The fourth-order valence-electron chi connectivity index (χ4n) is 7.26. The van der Waals surface area contributed by atoms with Crippen LogP contribution in [0.25, 0.3) is 11.1 Å². The van der Waals surface area contributed by atoms with Crippen LogP contribution >= 0.6 is 95.6 Å². The number of aryl methyl sites for hydroxylation is 2. The van der Waals surface area contributed by atoms with Gasteiger partial charge in [0.15, 0.2) is 5.78 Å². The van der Waals surface area contributed by atoms with Crippen molar-refractivity contribution in [3.63, 3.8) is 0 Å². The Morgan fingerprint density at radius 3 is 1.48 bits per heavy atom. The van der Waals surface area contributed by atoms with Gasteiger partial charge in [-0.15, -0.1) is 0 Å². The summed E-state index contributed by atoms with van der Waals surface area (Å²) in [5, 5.41) is 6.77. The molecule has 0 bridgehead atoms. The minimum Gasteiger partial charge on any atom is -0.383 e. The van der Waals surface area contributed by atoms with E-state index in [2.05, 4.69) is 194 Å². The van der Waals surface area contributed by atoms with E-state index in [4.69, 9.17) is 0 Å². The number of rotatable bonds is 9. The Morgan fingerprint density at radius 1 is 0.611 bits per heavy atom. The Morgan fingerprint density at radius 2 is 1.06 bits per heavy atom. The second-order valence-electron chi connectivity index (χ2n) is 15.2. The number of nitrogens with one attached hydrogen (secondary N) is 2. The summed E-state index contributed by atoms with van der Waals surface area (Å²) < 4.78 is 4.04. The van der Waals surface area contributed by atoms with E-state index >= 15 is 0 Å². The van der Waals surface area contributed by atoms with Gasteiger partial charge in [0.1, 0.15) is 0 Å². The molecule has 0 heterocycles. The highest BCUT2D eigenvalue weighted by atomic mass is 79.9. The van der Waals surface area contributed by atoms with Crippen LogP contribution in [0.2, 0.25) is 0 Å². The van der Waals surface area contributed by atoms with Crippen LogP contribution in [-0.2, 0) is 5.41 Å². The van der Waals surface area contributed by atoms with Gasteiger partial charge in [-0.05, 0) is 178 Å². The Bertz CT molecular complexity index is 2280. The molecule has 280 valence electrons. The molecule has 2 N–H and O–H groups in total. The second-order valence-corrected chi connectivity index (χ2v) is 20.2. The van der Waals surface area contributed by atoms with Crippen molar-refractivity contribution in [3.8, 4) is 11.1 Å². The maximum Gasteiger partial charge on any atom is 0.258 e. The Hall–Kier alpha value is -2.08. The summed E-state index contributed by atoms with van der Waals surface area (Å²) in [5.41, 5.74) is 10.4. The summed E-state index contributed by atoms with van der Waals surface area (Å²) >= 11 is 22.2. The summed E-state index contributed by atoms with van der Waals surface area (Å²) in [4.78, 5) is 28.0. The number of hydrogen-bond donors (Lipinski definition) is 2. The molecule has 0 spiro atoms. The summed E-state index contributed by atoms with van der Waals surface area (Å²) in [6.45, 7) is 16.4. The zero-order valence-electron chi connectivity index (χ0n) is 31.2. The van der Waals surface area contributed by atoms with Gasteiger partial charge in [-0.25, -0.2) is 0 Å². The number of hydrogen-bond acceptors (Lipinski definition) is 3. The van der Waals surface area contributed by atoms with Crippen molar-refractivity contribution < 1.29 is 9.59 Å². The van der Waals surface area contributed by atoms with Crippen molar-refractivity contribution in [2.75, 3.05) is 10.6 Å². The zero-order valence-corrected chi connectivity index (χ0v) is 40.7. The molecule has 0 unspecified atom stereocenters. The first-order valence-corrected chi connectivity index (χ1v) is 22.4. The Balaban J connectivity index is 1.49. The molecular weight excluding hydrogens is 1070 g/mol. The van der Waals surface area contributed by atoms with E-state index in [1.807, 2.05) is 40.7 Å². The molecule has 6 rings (SSSR count). The summed E-state index contributed by atoms with van der Waals surface area (Å²) in [5.74, 6) is -0.245. The van der Waals surface area contributed by atoms with Crippen molar-refractivity contribution in [3.05, 3.63) is 144 Å². The van der Waals surface area contributed by atoms with Gasteiger partial charge in [-0.2, -0.15) is 0 Å². The van der Waals surface area contributed by atoms with Crippen molar-refractivity contribution in [1.29, 1.82) is 0 Å². The van der Waals surface area contributed by atoms with Gasteiger partial charge in [-0.3, -0.25) is 9.59 Å². The number of Topliss-reactive ketones (excluding diaryl/α,β-unsaturated/α-hetero) is 1. The average molecular weight is 1110 g/mol. The molecule has 0 atom stereocenters. The lowest BCUT2D eigenvalue weighted by atomic mass is 9.67. The van der Waals surface area contributed by atoms with Crippen molar-refractivity contribution >= 4 is 119 Å². The molecule has 5 aromatic rings. The van der Waals surface area contributed by atoms with Crippen molar-refractivity contribution in [2.24, 2.45) is 11.3 Å². The summed E-state index contributed by atoms with van der Waals surface area (Å²) in [6, 6.07) is 26.4. The minimum absolute atomic E-state index is 0.0277. The van der Waals surface area contributed by atoms with E-state index in [9.17, 15) is 9.59 Å². The fourth-order valence-corrected chi connectivity index (χ4v) is 10.8. The standard InChI is InChI=1S/C44H40Br6N2O2/c1-21(2)43(7,8)41(53)35-37(47)39(49)36(40(50)38(35)48)42(54)52-34-16-10-26(18-24(34)6)44(25-9-15-33(23(5)17-25)51-22(3)4)31-19-27(45)11-13-29(31)30-14-12-28(46)20-32(30)44/h9-22,51H,1-8H3,(H,52,54). The lowest BCUT2D eigenvalue weighted by Crippen LogP contribution is -2.31. The topological polar surface area (TPSA) is 58.2 Å². The molecule has 0 saturated carbocycles. The van der Waals surface area contributed by atoms with Gasteiger partial charge >= 0.3 is 0 Å². The number of amides is 1. The van der Waals surface area contributed by atoms with Gasteiger partial charge in [0.25, 0.3) is 5.91 Å². The minimum atomic E-state index is -0.652. The first-order valence-electron chi connectivity index (χ1n) is 17.6. The van der Waals surface area contributed by atoms with Crippen LogP contribution in [0.4, 0.5) is 11.4 Å². The molecule has 1 amide bonds. The van der Waals surface area contributed by atoms with Gasteiger partial charge in [-0.1, -0.05) is 96.0 Å². The number of ketones is 1. The van der Waals surface area contributed by atoms with E-state index in [0.29, 0.717) is 40.7 Å². The molecule has 1 aliphatic carbocycles. The molecular formula is C44H40Br6N2O2. The fraction of sp³-hybridized carbons (Fsp3) is 0.273. The molecule has 5 aromatic carbocycles. The van der Waals surface area contributed by atoms with E-state index in [0.717, 1.165) is 36.9 Å². The molecule has 54 heavy (non-hydrogen) atoms. The maximum atomic E-state index is 14.2. The average Bonchev–Trinajstić information content (AvgIpc) is 3.38. The third-order valence-electron chi connectivity index (χ3n) is 10.8. The number of halogens is 6. The van der Waals surface area contributed by atoms with Crippen LogP contribution < -0.4 is 10.6 Å². The number of anilines is 2. The predicted octanol–water partition coefficient (Wildman–Crippen LogP) is 15.2. The third-order valence-corrected chi connectivity index (χ3v) is 16.0. The predicted molar refractivity (Wildman–Crippen MR) is 246 cm³/mol. The largest absolute Gasteiger partial charge is 0.383 e. The van der Waals surface area contributed by atoms with E-state index in [1.54, 1.807) is 0 Å². The van der Waals surface area contributed by atoms with E-state index in [1.165, 1.54) is 22.3 Å². The number of fused-ring (bicyclic) bond motifs is 3. The second kappa shape index (κ2) is 15.7. The highest BCUT2D eigenvalue weighted by Gasteiger charge is 2.47. The molecule has 0 saturated heterocycles. The zero-order chi connectivity index (χ0) is 39.6. The highest BCUT2D eigenvalue weighted by molar-refractivity contribution is 9.14. The van der Waals surface area contributed by atoms with Crippen molar-refractivity contribution in [1.82, 2.24) is 0 Å². The first-order chi connectivity index (χ1) is 25.3. The molecule has 1 aliphatic rings. The van der Waals surface area contributed by atoms with Crippen molar-refractivity contribution in [2.45, 2.75) is 66.8 Å². The van der Waals surface area contributed by atoms with Crippen LogP contribution in [-0.4, -0.2) is 17.7 Å². The normalized spacial score (nSPS) is 13.3. The molecule has 0 fully saturated rings. The van der Waals surface area contributed by atoms with Crippen LogP contribution in [0.15, 0.2) is 99.6 Å². The smallest absolute Gasteiger partial charge is 0.258 e. The van der Waals surface area contributed by atoms with Crippen LogP contribution in [0.5, 0.6) is 0 Å². The van der Waals surface area contributed by atoms with Gasteiger partial charge in [0, 0.05) is 55.2 Å². The quantitative estimate of drug-likeness (QED) is 0.112. The first kappa shape index (κ1) is 41.6. The molecule has 10 heteroatoms. The third kappa shape index (κ3) is 7.08. The monoisotopic (exact) mass is 1100 g/mol. The Kier molecular flexibility index (Phi) is 12.1. The SMILES string of the molecule is Cc1cc(C2(c3ccc(NC(C)C)c(C)c3)c3cc(Br)ccc3-c3ccc(Br)cc32)ccc1NC(=O)c1c(Br)c(Br)c(C(=O)C(C)(C)C(C)C)c(Br)c1Br. The van der Waals surface area contributed by atoms with Crippen LogP contribution in [0.1, 0.15) is 95.6 Å². The van der Waals surface area contributed by atoms with Gasteiger partial charge in [0.05, 0.1) is 11.0 Å². The molecule has 4 nitrogen and oxygen atoms in total. The number of carbonyl (C=O) groups is 2. The van der Waals surface area contributed by atoms with E-state index < -0.39 is 10.8 Å². The lowest BCUT2D eigenvalue weighted by molar-refractivity contribution is 0.0769. The lowest BCUT2D eigenvalue weighted by Gasteiger charge is -2.35. The number of benzene rings is 5.